The molecule has 1 aliphatic heterocycles. The predicted octanol–water partition coefficient (Wildman–Crippen LogP) is 2.01. The molecule has 0 amide bonds. The summed E-state index contributed by atoms with van der Waals surface area (Å²) in [4.78, 5) is 6.37. The van der Waals surface area contributed by atoms with E-state index >= 15 is 0 Å². The number of methoxy groups -OCH3 is 2. The molecule has 2 heterocycles. The van der Waals surface area contributed by atoms with Gasteiger partial charge in [0.15, 0.2) is 5.82 Å². The van der Waals surface area contributed by atoms with Crippen molar-refractivity contribution >= 4 is 0 Å². The first-order valence-electron chi connectivity index (χ1n) is 7.51. The Bertz CT molecular complexity index is 701. The van der Waals surface area contributed by atoms with Crippen LogP contribution in [0.5, 0.6) is 11.5 Å². The highest BCUT2D eigenvalue weighted by Gasteiger charge is 2.33. The molecule has 0 radical (unpaired) electrons. The van der Waals surface area contributed by atoms with Gasteiger partial charge in [0.1, 0.15) is 11.5 Å². The van der Waals surface area contributed by atoms with Crippen LogP contribution in [0.1, 0.15) is 41.9 Å². The van der Waals surface area contributed by atoms with Crippen LogP contribution in [0.4, 0.5) is 0 Å². The van der Waals surface area contributed by atoms with Gasteiger partial charge in [-0.15, -0.1) is 0 Å². The third kappa shape index (κ3) is 2.77. The van der Waals surface area contributed by atoms with Gasteiger partial charge in [-0.3, -0.25) is 4.90 Å². The molecule has 0 bridgehead atoms. The number of hydrogen-bond donors (Lipinski definition) is 1. The second kappa shape index (κ2) is 6.17. The molecule has 0 aliphatic carbocycles. The Morgan fingerprint density at radius 3 is 2.61 bits per heavy atom. The van der Waals surface area contributed by atoms with Gasteiger partial charge in [-0.05, 0) is 26.0 Å². The molecular weight excluding hydrogens is 298 g/mol. The number of benzene rings is 1. The topological polar surface area (TPSA) is 80.9 Å². The second-order valence-electron chi connectivity index (χ2n) is 5.66. The van der Waals surface area contributed by atoms with E-state index in [4.69, 9.17) is 14.0 Å². The minimum absolute atomic E-state index is 0.102. The summed E-state index contributed by atoms with van der Waals surface area (Å²) in [6.45, 7) is 4.83. The monoisotopic (exact) mass is 319 g/mol. The molecule has 2 aromatic rings. The molecule has 0 saturated carbocycles. The fourth-order valence-electron chi connectivity index (χ4n) is 3.04. The Hall–Kier alpha value is -2.12. The van der Waals surface area contributed by atoms with Crippen LogP contribution in [0, 0.1) is 6.92 Å². The van der Waals surface area contributed by atoms with E-state index in [2.05, 4.69) is 15.0 Å². The minimum Gasteiger partial charge on any atom is -0.496 e. The first-order chi connectivity index (χ1) is 11.0. The van der Waals surface area contributed by atoms with E-state index in [9.17, 15) is 5.11 Å². The molecule has 23 heavy (non-hydrogen) atoms. The van der Waals surface area contributed by atoms with Crippen molar-refractivity contribution < 1.29 is 19.1 Å². The van der Waals surface area contributed by atoms with Gasteiger partial charge in [0.05, 0.1) is 26.4 Å². The lowest BCUT2D eigenvalue weighted by atomic mass is 9.94. The summed E-state index contributed by atoms with van der Waals surface area (Å²) >= 11 is 0. The van der Waals surface area contributed by atoms with Crippen molar-refractivity contribution in [3.8, 4) is 11.5 Å². The molecule has 0 saturated heterocycles. The summed E-state index contributed by atoms with van der Waals surface area (Å²) in [7, 11) is 3.23. The summed E-state index contributed by atoms with van der Waals surface area (Å²) in [6, 6.07) is 3.58. The number of β-amino-alcohol motifs (C(OH)–C–C–N with tert-alkyl or cyclic N) is 1. The van der Waals surface area contributed by atoms with E-state index < -0.39 is 6.10 Å². The molecular formula is C16H21N3O4. The van der Waals surface area contributed by atoms with Crippen LogP contribution < -0.4 is 9.47 Å². The van der Waals surface area contributed by atoms with Crippen LogP contribution in [0.2, 0.25) is 0 Å². The van der Waals surface area contributed by atoms with Crippen LogP contribution in [-0.2, 0) is 6.54 Å². The van der Waals surface area contributed by atoms with Gasteiger partial charge in [-0.2, -0.15) is 4.98 Å². The third-order valence-corrected chi connectivity index (χ3v) is 4.26. The summed E-state index contributed by atoms with van der Waals surface area (Å²) in [6.07, 6.45) is -0.671. The van der Waals surface area contributed by atoms with Crippen molar-refractivity contribution in [3.05, 3.63) is 35.0 Å². The normalized spacial score (nSPS) is 19.3. The van der Waals surface area contributed by atoms with E-state index in [0.717, 1.165) is 16.9 Å². The van der Waals surface area contributed by atoms with E-state index in [1.807, 2.05) is 19.1 Å². The molecule has 2 atom stereocenters. The lowest BCUT2D eigenvalue weighted by Gasteiger charge is -2.36. The first-order valence-corrected chi connectivity index (χ1v) is 7.51. The largest absolute Gasteiger partial charge is 0.496 e. The first kappa shape index (κ1) is 15.8. The highest BCUT2D eigenvalue weighted by Crippen LogP contribution is 2.41. The number of aliphatic hydroxyl groups excluding tert-OH is 1. The van der Waals surface area contributed by atoms with E-state index in [-0.39, 0.29) is 6.04 Å². The van der Waals surface area contributed by atoms with Gasteiger partial charge in [0.2, 0.25) is 5.89 Å². The summed E-state index contributed by atoms with van der Waals surface area (Å²) in [5.41, 5.74) is 1.71. The molecule has 124 valence electrons. The standard InChI is InChI=1S/C16H21N3O4/c1-9(16-17-10(2)18-23-16)19-7-11-13(21-3)5-6-14(22-4)15(11)12(20)8-19/h5-6,9,12,20H,7-8H2,1-4H3/t9-,12+/m1/s1. The molecule has 1 N–H and O–H groups in total. The summed E-state index contributed by atoms with van der Waals surface area (Å²) in [5.74, 6) is 2.55. The van der Waals surface area contributed by atoms with Crippen molar-refractivity contribution in [1.29, 1.82) is 0 Å². The third-order valence-electron chi connectivity index (χ3n) is 4.26. The summed E-state index contributed by atoms with van der Waals surface area (Å²) in [5, 5.41) is 14.5. The Kier molecular flexibility index (Phi) is 4.23. The van der Waals surface area contributed by atoms with Crippen LogP contribution in [0.15, 0.2) is 16.7 Å². The van der Waals surface area contributed by atoms with Crippen LogP contribution >= 0.6 is 0 Å². The maximum atomic E-state index is 10.6. The molecule has 0 spiro atoms. The number of rotatable bonds is 4. The average Bonchev–Trinajstić information content (AvgIpc) is 2.99. The average molecular weight is 319 g/mol. The van der Waals surface area contributed by atoms with Gasteiger partial charge in [0.25, 0.3) is 0 Å². The number of hydrogen-bond acceptors (Lipinski definition) is 7. The van der Waals surface area contributed by atoms with Gasteiger partial charge >= 0.3 is 0 Å². The zero-order valence-electron chi connectivity index (χ0n) is 13.7. The van der Waals surface area contributed by atoms with Crippen molar-refractivity contribution in [3.63, 3.8) is 0 Å². The van der Waals surface area contributed by atoms with Crippen molar-refractivity contribution in [2.75, 3.05) is 20.8 Å². The van der Waals surface area contributed by atoms with E-state index in [0.29, 0.717) is 30.6 Å². The lowest BCUT2D eigenvalue weighted by molar-refractivity contribution is 0.0567. The van der Waals surface area contributed by atoms with Gasteiger partial charge < -0.3 is 19.1 Å². The Morgan fingerprint density at radius 1 is 1.30 bits per heavy atom. The molecule has 7 heteroatoms. The number of aliphatic hydroxyl groups is 1. The van der Waals surface area contributed by atoms with Crippen LogP contribution in [0.25, 0.3) is 0 Å². The highest BCUT2D eigenvalue weighted by atomic mass is 16.5. The zero-order valence-corrected chi connectivity index (χ0v) is 13.7. The zero-order chi connectivity index (χ0) is 16.6. The van der Waals surface area contributed by atoms with Crippen molar-refractivity contribution in [2.45, 2.75) is 32.5 Å². The number of nitrogens with zero attached hydrogens (tertiary/aromatic N) is 3. The van der Waals surface area contributed by atoms with E-state index in [1.54, 1.807) is 21.1 Å². The number of aromatic nitrogens is 2. The SMILES string of the molecule is COc1ccc(OC)c2c1CN([C@H](C)c1nc(C)no1)C[C@@H]2O. The number of fused-ring (bicyclic) bond motifs is 1. The van der Waals surface area contributed by atoms with E-state index in [1.165, 1.54) is 0 Å². The molecule has 1 aromatic carbocycles. The maximum Gasteiger partial charge on any atom is 0.243 e. The predicted molar refractivity (Wildman–Crippen MR) is 82.4 cm³/mol. The molecule has 1 aromatic heterocycles. The lowest BCUT2D eigenvalue weighted by Crippen LogP contribution is -2.36. The number of aryl methyl sites for hydroxylation is 1. The molecule has 0 fully saturated rings. The van der Waals surface area contributed by atoms with Gasteiger partial charge in [-0.25, -0.2) is 0 Å². The smallest absolute Gasteiger partial charge is 0.243 e. The maximum absolute atomic E-state index is 10.6. The second-order valence-corrected chi connectivity index (χ2v) is 5.66. The Labute approximate surface area is 134 Å². The quantitative estimate of drug-likeness (QED) is 0.923. The molecule has 1 aliphatic rings. The Morgan fingerprint density at radius 2 is 2.00 bits per heavy atom. The fraction of sp³-hybridized carbons (Fsp3) is 0.500. The minimum atomic E-state index is -0.671. The molecule has 7 nitrogen and oxygen atoms in total. The van der Waals surface area contributed by atoms with Crippen LogP contribution in [0.3, 0.4) is 0 Å². The fourth-order valence-corrected chi connectivity index (χ4v) is 3.04. The molecule has 3 rings (SSSR count). The van der Waals surface area contributed by atoms with Gasteiger partial charge in [-0.1, -0.05) is 5.16 Å². The molecule has 0 unspecified atom stereocenters. The van der Waals surface area contributed by atoms with Crippen molar-refractivity contribution in [1.82, 2.24) is 15.0 Å². The highest BCUT2D eigenvalue weighted by molar-refractivity contribution is 5.51. The Balaban J connectivity index is 1.96. The summed E-state index contributed by atoms with van der Waals surface area (Å²) < 4.78 is 16.1. The number of ether oxygens (including phenoxy) is 2. The van der Waals surface area contributed by atoms with Crippen molar-refractivity contribution in [2.24, 2.45) is 0 Å². The van der Waals surface area contributed by atoms with Crippen LogP contribution in [-0.4, -0.2) is 40.9 Å². The van der Waals surface area contributed by atoms with Gasteiger partial charge in [0, 0.05) is 24.2 Å².